The summed E-state index contributed by atoms with van der Waals surface area (Å²) in [5, 5.41) is 9.08. The van der Waals surface area contributed by atoms with Gasteiger partial charge in [0.2, 0.25) is 0 Å². The summed E-state index contributed by atoms with van der Waals surface area (Å²) in [5.74, 6) is 1.82. The van der Waals surface area contributed by atoms with Crippen molar-refractivity contribution in [1.29, 1.82) is 0 Å². The van der Waals surface area contributed by atoms with Gasteiger partial charge >= 0.3 is 0 Å². The van der Waals surface area contributed by atoms with Crippen molar-refractivity contribution in [3.8, 4) is 5.82 Å². The van der Waals surface area contributed by atoms with Crippen LogP contribution in [0.5, 0.6) is 0 Å². The van der Waals surface area contributed by atoms with Gasteiger partial charge in [-0.3, -0.25) is 4.57 Å². The Labute approximate surface area is 94.6 Å². The topological polar surface area (TPSA) is 50.9 Å². The number of hydrogen-bond acceptors (Lipinski definition) is 3. The summed E-state index contributed by atoms with van der Waals surface area (Å²) in [6.07, 6.45) is 7.36. The monoisotopic (exact) mass is 217 g/mol. The number of aliphatic hydroxyl groups is 1. The summed E-state index contributed by atoms with van der Waals surface area (Å²) >= 11 is 0. The highest BCUT2D eigenvalue weighted by Crippen LogP contribution is 2.11. The van der Waals surface area contributed by atoms with Gasteiger partial charge in [-0.1, -0.05) is 6.92 Å². The molecule has 84 valence electrons. The second kappa shape index (κ2) is 4.90. The van der Waals surface area contributed by atoms with Gasteiger partial charge in [0.05, 0.1) is 6.61 Å². The summed E-state index contributed by atoms with van der Waals surface area (Å²) in [7, 11) is 0. The average molecular weight is 217 g/mol. The zero-order chi connectivity index (χ0) is 11.4. The fourth-order valence-corrected chi connectivity index (χ4v) is 1.64. The Morgan fingerprint density at radius 2 is 2.19 bits per heavy atom. The highest BCUT2D eigenvalue weighted by atomic mass is 16.3. The minimum atomic E-state index is 0.0350. The summed E-state index contributed by atoms with van der Waals surface area (Å²) in [6, 6.07) is 3.68. The second-order valence-electron chi connectivity index (χ2n) is 3.64. The molecule has 0 bridgehead atoms. The number of imidazole rings is 1. The van der Waals surface area contributed by atoms with E-state index in [1.54, 1.807) is 18.5 Å². The van der Waals surface area contributed by atoms with Gasteiger partial charge in [0.15, 0.2) is 0 Å². The molecule has 4 nitrogen and oxygen atoms in total. The van der Waals surface area contributed by atoms with Crippen LogP contribution < -0.4 is 0 Å². The van der Waals surface area contributed by atoms with Crippen LogP contribution in [-0.2, 0) is 13.0 Å². The van der Waals surface area contributed by atoms with Crippen molar-refractivity contribution in [1.82, 2.24) is 14.5 Å². The molecule has 2 rings (SSSR count). The second-order valence-corrected chi connectivity index (χ2v) is 3.64. The van der Waals surface area contributed by atoms with E-state index in [1.807, 2.05) is 16.8 Å². The van der Waals surface area contributed by atoms with Crippen molar-refractivity contribution in [2.75, 3.05) is 0 Å². The Balaban J connectivity index is 2.37. The molecule has 0 saturated carbocycles. The highest BCUT2D eigenvalue weighted by molar-refractivity contribution is 5.29. The normalized spacial score (nSPS) is 10.6. The molecule has 4 heteroatoms. The quantitative estimate of drug-likeness (QED) is 0.848. The predicted molar refractivity (Wildman–Crippen MR) is 61.3 cm³/mol. The maximum atomic E-state index is 9.08. The maximum absolute atomic E-state index is 9.08. The molecule has 2 heterocycles. The van der Waals surface area contributed by atoms with Gasteiger partial charge in [0.1, 0.15) is 11.6 Å². The molecule has 0 spiro atoms. The van der Waals surface area contributed by atoms with E-state index in [2.05, 4.69) is 16.9 Å². The fourth-order valence-electron chi connectivity index (χ4n) is 1.64. The lowest BCUT2D eigenvalue weighted by Crippen LogP contribution is -2.03. The smallest absolute Gasteiger partial charge is 0.138 e. The molecule has 2 aromatic rings. The standard InChI is InChI=1S/C12H15N3O/c1-2-3-11-14-6-7-15(11)12-8-10(9-16)4-5-13-12/h4-8,16H,2-3,9H2,1H3. The number of rotatable bonds is 4. The molecule has 2 aromatic heterocycles. The van der Waals surface area contributed by atoms with Crippen LogP contribution in [0.3, 0.4) is 0 Å². The van der Waals surface area contributed by atoms with Gasteiger partial charge in [0, 0.05) is 25.0 Å². The molecule has 0 unspecified atom stereocenters. The summed E-state index contributed by atoms with van der Waals surface area (Å²) in [5.41, 5.74) is 0.862. The molecule has 0 aliphatic rings. The molecular formula is C12H15N3O. The largest absolute Gasteiger partial charge is 0.392 e. The molecule has 1 N–H and O–H groups in total. The van der Waals surface area contributed by atoms with Gasteiger partial charge in [-0.15, -0.1) is 0 Å². The van der Waals surface area contributed by atoms with Gasteiger partial charge in [-0.2, -0.15) is 0 Å². The maximum Gasteiger partial charge on any atom is 0.138 e. The average Bonchev–Trinajstić information content (AvgIpc) is 2.78. The number of aryl methyl sites for hydroxylation is 1. The van der Waals surface area contributed by atoms with Crippen molar-refractivity contribution in [3.63, 3.8) is 0 Å². The first-order chi connectivity index (χ1) is 7.85. The molecule has 0 atom stereocenters. The van der Waals surface area contributed by atoms with Crippen molar-refractivity contribution in [2.24, 2.45) is 0 Å². The molecule has 0 aromatic carbocycles. The fraction of sp³-hybridized carbons (Fsp3) is 0.333. The van der Waals surface area contributed by atoms with E-state index < -0.39 is 0 Å². The first kappa shape index (κ1) is 10.8. The third kappa shape index (κ3) is 2.12. The van der Waals surface area contributed by atoms with Gasteiger partial charge in [-0.25, -0.2) is 9.97 Å². The summed E-state index contributed by atoms with van der Waals surface area (Å²) in [6.45, 7) is 2.16. The van der Waals surface area contributed by atoms with E-state index in [4.69, 9.17) is 5.11 Å². The Bertz CT molecular complexity index is 465. The minimum absolute atomic E-state index is 0.0350. The SMILES string of the molecule is CCCc1nccn1-c1cc(CO)ccn1. The third-order valence-corrected chi connectivity index (χ3v) is 2.43. The Hall–Kier alpha value is -1.68. The van der Waals surface area contributed by atoms with Gasteiger partial charge in [-0.05, 0) is 24.1 Å². The van der Waals surface area contributed by atoms with Crippen LogP contribution in [0.1, 0.15) is 24.7 Å². The number of aromatic nitrogens is 3. The first-order valence-corrected chi connectivity index (χ1v) is 5.43. The highest BCUT2D eigenvalue weighted by Gasteiger charge is 2.05. The number of nitrogens with zero attached hydrogens (tertiary/aromatic N) is 3. The minimum Gasteiger partial charge on any atom is -0.392 e. The molecule has 0 saturated heterocycles. The van der Waals surface area contributed by atoms with Crippen molar-refractivity contribution < 1.29 is 5.11 Å². The Kier molecular flexibility index (Phi) is 3.31. The van der Waals surface area contributed by atoms with Crippen LogP contribution in [0.25, 0.3) is 5.82 Å². The van der Waals surface area contributed by atoms with E-state index >= 15 is 0 Å². The van der Waals surface area contributed by atoms with Gasteiger partial charge in [0.25, 0.3) is 0 Å². The molecule has 0 radical (unpaired) electrons. The molecule has 0 fully saturated rings. The van der Waals surface area contributed by atoms with Crippen molar-refractivity contribution in [2.45, 2.75) is 26.4 Å². The predicted octanol–water partition coefficient (Wildman–Crippen LogP) is 1.71. The molecule has 0 aliphatic carbocycles. The van der Waals surface area contributed by atoms with Crippen molar-refractivity contribution >= 4 is 0 Å². The molecule has 0 aliphatic heterocycles. The lowest BCUT2D eigenvalue weighted by atomic mass is 10.2. The van der Waals surface area contributed by atoms with Crippen LogP contribution in [0.15, 0.2) is 30.7 Å². The molecule has 16 heavy (non-hydrogen) atoms. The third-order valence-electron chi connectivity index (χ3n) is 2.43. The van der Waals surface area contributed by atoms with Crippen LogP contribution in [0, 0.1) is 0 Å². The summed E-state index contributed by atoms with van der Waals surface area (Å²) in [4.78, 5) is 8.58. The van der Waals surface area contributed by atoms with Crippen LogP contribution in [0.2, 0.25) is 0 Å². The zero-order valence-electron chi connectivity index (χ0n) is 9.30. The van der Waals surface area contributed by atoms with E-state index in [-0.39, 0.29) is 6.61 Å². The lowest BCUT2D eigenvalue weighted by molar-refractivity contribution is 0.281. The van der Waals surface area contributed by atoms with Gasteiger partial charge < -0.3 is 5.11 Å². The van der Waals surface area contributed by atoms with E-state index in [1.165, 1.54) is 0 Å². The zero-order valence-corrected chi connectivity index (χ0v) is 9.30. The number of aliphatic hydroxyl groups excluding tert-OH is 1. The Morgan fingerprint density at radius 3 is 2.94 bits per heavy atom. The van der Waals surface area contributed by atoms with E-state index in [9.17, 15) is 0 Å². The molecular weight excluding hydrogens is 202 g/mol. The number of pyridine rings is 1. The van der Waals surface area contributed by atoms with E-state index in [0.717, 1.165) is 30.0 Å². The lowest BCUT2D eigenvalue weighted by Gasteiger charge is -2.06. The van der Waals surface area contributed by atoms with Crippen LogP contribution in [-0.4, -0.2) is 19.6 Å². The van der Waals surface area contributed by atoms with Crippen LogP contribution >= 0.6 is 0 Å². The number of hydrogen-bond donors (Lipinski definition) is 1. The van der Waals surface area contributed by atoms with Crippen molar-refractivity contribution in [3.05, 3.63) is 42.1 Å². The van der Waals surface area contributed by atoms with E-state index in [0.29, 0.717) is 0 Å². The summed E-state index contributed by atoms with van der Waals surface area (Å²) < 4.78 is 1.96. The first-order valence-electron chi connectivity index (χ1n) is 5.43. The Morgan fingerprint density at radius 1 is 1.31 bits per heavy atom. The molecule has 0 amide bonds. The van der Waals surface area contributed by atoms with Crippen LogP contribution in [0.4, 0.5) is 0 Å².